The van der Waals surface area contributed by atoms with E-state index in [-0.39, 0.29) is 5.60 Å². The van der Waals surface area contributed by atoms with Crippen molar-refractivity contribution in [1.29, 1.82) is 0 Å². The summed E-state index contributed by atoms with van der Waals surface area (Å²) in [6, 6.07) is 7.55. The summed E-state index contributed by atoms with van der Waals surface area (Å²) in [5.74, 6) is 1.59. The molecule has 1 aromatic carbocycles. The van der Waals surface area contributed by atoms with Gasteiger partial charge in [0, 0.05) is 13.5 Å². The van der Waals surface area contributed by atoms with E-state index in [0.717, 1.165) is 23.6 Å². The Kier molecular flexibility index (Phi) is 7.74. The first-order valence-electron chi connectivity index (χ1n) is 7.53. The fourth-order valence-corrected chi connectivity index (χ4v) is 1.54. The van der Waals surface area contributed by atoms with Crippen molar-refractivity contribution in [2.75, 3.05) is 26.9 Å². The van der Waals surface area contributed by atoms with Crippen molar-refractivity contribution in [2.45, 2.75) is 39.7 Å². The predicted molar refractivity (Wildman–Crippen MR) is 87.9 cm³/mol. The average molecular weight is 309 g/mol. The van der Waals surface area contributed by atoms with Crippen molar-refractivity contribution >= 4 is 5.71 Å². The van der Waals surface area contributed by atoms with Gasteiger partial charge in [0.05, 0.1) is 17.9 Å². The summed E-state index contributed by atoms with van der Waals surface area (Å²) in [7, 11) is 1.71. The maximum Gasteiger partial charge on any atom is 0.129 e. The Bertz CT molecular complexity index is 454. The molecule has 0 aliphatic heterocycles. The number of nitrogens with zero attached hydrogens (tertiary/aromatic N) is 1. The van der Waals surface area contributed by atoms with E-state index in [1.807, 2.05) is 52.0 Å². The predicted octanol–water partition coefficient (Wildman–Crippen LogP) is 3.67. The van der Waals surface area contributed by atoms with E-state index < -0.39 is 0 Å². The number of ether oxygens (including phenoxy) is 3. The lowest BCUT2D eigenvalue weighted by atomic mass is 10.1. The first-order valence-corrected chi connectivity index (χ1v) is 7.53. The molecule has 5 heteroatoms. The first kappa shape index (κ1) is 18.3. The van der Waals surface area contributed by atoms with Crippen molar-refractivity contribution in [3.05, 3.63) is 24.3 Å². The molecule has 0 spiro atoms. The van der Waals surface area contributed by atoms with Crippen molar-refractivity contribution in [1.82, 2.24) is 0 Å². The second-order valence-corrected chi connectivity index (χ2v) is 5.57. The highest BCUT2D eigenvalue weighted by atomic mass is 16.6. The van der Waals surface area contributed by atoms with Crippen LogP contribution in [-0.4, -0.2) is 38.2 Å². The van der Waals surface area contributed by atoms with Crippen molar-refractivity contribution < 1.29 is 19.0 Å². The van der Waals surface area contributed by atoms with Crippen molar-refractivity contribution in [3.8, 4) is 11.5 Å². The Hall–Kier alpha value is -1.75. The van der Waals surface area contributed by atoms with Gasteiger partial charge in [-0.1, -0.05) is 5.16 Å². The SMILES string of the molecule is CCON=C(C)COc1ccc(OCCC(C)(C)OC)cc1. The maximum atomic E-state index is 5.70. The lowest BCUT2D eigenvalue weighted by Crippen LogP contribution is -2.25. The zero-order chi connectivity index (χ0) is 16.4. The number of hydrogen-bond donors (Lipinski definition) is 0. The summed E-state index contributed by atoms with van der Waals surface area (Å²) < 4.78 is 16.7. The zero-order valence-corrected chi connectivity index (χ0v) is 14.2. The zero-order valence-electron chi connectivity index (χ0n) is 14.2. The number of benzene rings is 1. The average Bonchev–Trinajstić information content (AvgIpc) is 2.52. The summed E-state index contributed by atoms with van der Waals surface area (Å²) >= 11 is 0. The van der Waals surface area contributed by atoms with Crippen molar-refractivity contribution in [3.63, 3.8) is 0 Å². The molecule has 5 nitrogen and oxygen atoms in total. The third kappa shape index (κ3) is 7.31. The molecule has 0 aliphatic rings. The Morgan fingerprint density at radius 2 is 1.68 bits per heavy atom. The molecule has 0 saturated heterocycles. The Morgan fingerprint density at radius 1 is 1.09 bits per heavy atom. The fraction of sp³-hybridized carbons (Fsp3) is 0.588. The minimum atomic E-state index is -0.166. The molecular weight excluding hydrogens is 282 g/mol. The van der Waals surface area contributed by atoms with Crippen LogP contribution in [0.15, 0.2) is 29.4 Å². The summed E-state index contributed by atoms with van der Waals surface area (Å²) in [6.07, 6.45) is 0.828. The Balaban J connectivity index is 2.37. The molecule has 1 aromatic rings. The van der Waals surface area contributed by atoms with Gasteiger partial charge in [-0.3, -0.25) is 0 Å². The van der Waals surface area contributed by atoms with Crippen LogP contribution in [-0.2, 0) is 9.57 Å². The van der Waals surface area contributed by atoms with E-state index in [1.165, 1.54) is 0 Å². The van der Waals surface area contributed by atoms with Crippen LogP contribution >= 0.6 is 0 Å². The molecule has 0 saturated carbocycles. The number of methoxy groups -OCH3 is 1. The summed E-state index contributed by atoms with van der Waals surface area (Å²) in [5.41, 5.74) is 0.629. The van der Waals surface area contributed by atoms with Crippen LogP contribution in [0, 0.1) is 0 Å². The van der Waals surface area contributed by atoms with Gasteiger partial charge in [0.25, 0.3) is 0 Å². The van der Waals surface area contributed by atoms with Gasteiger partial charge in [-0.2, -0.15) is 0 Å². The van der Waals surface area contributed by atoms with Crippen LogP contribution in [0.5, 0.6) is 11.5 Å². The van der Waals surface area contributed by atoms with Gasteiger partial charge >= 0.3 is 0 Å². The van der Waals surface area contributed by atoms with Gasteiger partial charge in [-0.15, -0.1) is 0 Å². The molecular formula is C17H27NO4. The van der Waals surface area contributed by atoms with E-state index in [2.05, 4.69) is 5.16 Å². The summed E-state index contributed by atoms with van der Waals surface area (Å²) in [6.45, 7) is 9.42. The molecule has 0 bridgehead atoms. The quantitative estimate of drug-likeness (QED) is 0.489. The summed E-state index contributed by atoms with van der Waals surface area (Å²) in [5, 5.41) is 3.90. The Labute approximate surface area is 133 Å². The molecule has 124 valence electrons. The van der Waals surface area contributed by atoms with Gasteiger partial charge in [-0.05, 0) is 52.0 Å². The highest BCUT2D eigenvalue weighted by Gasteiger charge is 2.15. The highest BCUT2D eigenvalue weighted by Crippen LogP contribution is 2.19. The minimum Gasteiger partial charge on any atom is -0.493 e. The van der Waals surface area contributed by atoms with Crippen LogP contribution in [0.2, 0.25) is 0 Å². The van der Waals surface area contributed by atoms with Crippen LogP contribution in [0.25, 0.3) is 0 Å². The van der Waals surface area contributed by atoms with Gasteiger partial charge in [0.1, 0.15) is 24.7 Å². The molecule has 0 amide bonds. The smallest absolute Gasteiger partial charge is 0.129 e. The molecule has 0 aromatic heterocycles. The second kappa shape index (κ2) is 9.30. The molecule has 0 aliphatic carbocycles. The van der Waals surface area contributed by atoms with Gasteiger partial charge in [0.2, 0.25) is 0 Å². The van der Waals surface area contributed by atoms with Crippen LogP contribution < -0.4 is 9.47 Å². The molecule has 0 N–H and O–H groups in total. The minimum absolute atomic E-state index is 0.166. The standard InChI is InChI=1S/C17H27NO4/c1-6-22-18-14(2)13-21-16-9-7-15(8-10-16)20-12-11-17(3,4)19-5/h7-10H,6,11-13H2,1-5H3. The number of oxime groups is 1. The van der Waals surface area contributed by atoms with E-state index in [4.69, 9.17) is 19.0 Å². The van der Waals surface area contributed by atoms with E-state index in [0.29, 0.717) is 19.8 Å². The first-order chi connectivity index (χ1) is 10.5. The summed E-state index contributed by atoms with van der Waals surface area (Å²) in [4.78, 5) is 4.96. The van der Waals surface area contributed by atoms with Crippen molar-refractivity contribution in [2.24, 2.45) is 5.16 Å². The number of hydrogen-bond acceptors (Lipinski definition) is 5. The normalized spacial score (nSPS) is 12.1. The van der Waals surface area contributed by atoms with Gasteiger partial charge in [-0.25, -0.2) is 0 Å². The molecule has 22 heavy (non-hydrogen) atoms. The van der Waals surface area contributed by atoms with E-state index in [9.17, 15) is 0 Å². The van der Waals surface area contributed by atoms with Crippen LogP contribution in [0.1, 0.15) is 34.1 Å². The topological polar surface area (TPSA) is 49.3 Å². The third-order valence-corrected chi connectivity index (χ3v) is 3.15. The molecule has 0 radical (unpaired) electrons. The van der Waals surface area contributed by atoms with Gasteiger partial charge in [0.15, 0.2) is 0 Å². The Morgan fingerprint density at radius 3 is 2.23 bits per heavy atom. The van der Waals surface area contributed by atoms with Crippen LogP contribution in [0.3, 0.4) is 0 Å². The van der Waals surface area contributed by atoms with E-state index in [1.54, 1.807) is 7.11 Å². The van der Waals surface area contributed by atoms with Crippen LogP contribution in [0.4, 0.5) is 0 Å². The number of rotatable bonds is 10. The molecule has 0 unspecified atom stereocenters. The molecule has 0 fully saturated rings. The largest absolute Gasteiger partial charge is 0.493 e. The van der Waals surface area contributed by atoms with Gasteiger partial charge < -0.3 is 19.0 Å². The second-order valence-electron chi connectivity index (χ2n) is 5.57. The lowest BCUT2D eigenvalue weighted by Gasteiger charge is -2.22. The third-order valence-electron chi connectivity index (χ3n) is 3.15. The molecule has 0 heterocycles. The monoisotopic (exact) mass is 309 g/mol. The maximum absolute atomic E-state index is 5.70. The van der Waals surface area contributed by atoms with E-state index >= 15 is 0 Å². The molecule has 0 atom stereocenters. The fourth-order valence-electron chi connectivity index (χ4n) is 1.54. The molecule has 1 rings (SSSR count). The lowest BCUT2D eigenvalue weighted by molar-refractivity contribution is 0.00545. The highest BCUT2D eigenvalue weighted by molar-refractivity contribution is 5.82.